The van der Waals surface area contributed by atoms with Gasteiger partial charge in [-0.2, -0.15) is 0 Å². The highest BCUT2D eigenvalue weighted by Gasteiger charge is 2.30. The number of hydrogen-bond donors (Lipinski definition) is 2. The minimum Gasteiger partial charge on any atom is -0.383 e. The van der Waals surface area contributed by atoms with Crippen molar-refractivity contribution in [1.29, 1.82) is 0 Å². The Morgan fingerprint density at radius 3 is 2.81 bits per heavy atom. The summed E-state index contributed by atoms with van der Waals surface area (Å²) in [7, 11) is 1.61. The molecule has 1 aromatic carbocycles. The number of carbonyl (C=O) groups excluding carboxylic acids is 2. The molecule has 0 radical (unpaired) electrons. The highest BCUT2D eigenvalue weighted by molar-refractivity contribution is 6.00. The van der Waals surface area contributed by atoms with Crippen molar-refractivity contribution >= 4 is 23.2 Å². The number of amides is 2. The smallest absolute Gasteiger partial charge is 0.292 e. The summed E-state index contributed by atoms with van der Waals surface area (Å²) >= 11 is 0. The molecule has 8 heteroatoms. The van der Waals surface area contributed by atoms with Crippen LogP contribution in [0, 0.1) is 10.1 Å². The fourth-order valence-corrected chi connectivity index (χ4v) is 2.23. The summed E-state index contributed by atoms with van der Waals surface area (Å²) in [5.41, 5.74) is 1.06. The van der Waals surface area contributed by atoms with Gasteiger partial charge in [0.15, 0.2) is 0 Å². The van der Waals surface area contributed by atoms with Crippen LogP contribution in [0.3, 0.4) is 0 Å². The van der Waals surface area contributed by atoms with Crippen molar-refractivity contribution in [2.24, 2.45) is 0 Å². The average molecular weight is 292 g/mol. The fraction of sp³-hybridized carbons (Fsp3) is 0.385. The van der Waals surface area contributed by atoms with Crippen molar-refractivity contribution in [3.63, 3.8) is 0 Å². The SMILES string of the molecule is CNc1ccc(CN2CC(=O)NC(=O)C2C)cc1[N+](=O)[O-]. The molecule has 8 nitrogen and oxygen atoms in total. The number of carbonyl (C=O) groups is 2. The summed E-state index contributed by atoms with van der Waals surface area (Å²) in [6.45, 7) is 2.08. The van der Waals surface area contributed by atoms with Gasteiger partial charge in [0.05, 0.1) is 17.5 Å². The second-order valence-electron chi connectivity index (χ2n) is 4.85. The molecule has 1 fully saturated rings. The Labute approximate surface area is 121 Å². The number of hydrogen-bond acceptors (Lipinski definition) is 6. The number of benzene rings is 1. The van der Waals surface area contributed by atoms with Crippen LogP contribution in [-0.2, 0) is 16.1 Å². The monoisotopic (exact) mass is 292 g/mol. The molecule has 0 bridgehead atoms. The maximum absolute atomic E-state index is 11.6. The lowest BCUT2D eigenvalue weighted by Gasteiger charge is -2.31. The van der Waals surface area contributed by atoms with E-state index < -0.39 is 11.0 Å². The van der Waals surface area contributed by atoms with Crippen molar-refractivity contribution in [3.8, 4) is 0 Å². The van der Waals surface area contributed by atoms with E-state index in [9.17, 15) is 19.7 Å². The van der Waals surface area contributed by atoms with Gasteiger partial charge in [-0.3, -0.25) is 29.9 Å². The van der Waals surface area contributed by atoms with E-state index in [1.165, 1.54) is 6.07 Å². The van der Waals surface area contributed by atoms with Gasteiger partial charge in [0.25, 0.3) is 5.69 Å². The Morgan fingerprint density at radius 2 is 2.19 bits per heavy atom. The number of imide groups is 1. The Kier molecular flexibility index (Phi) is 4.18. The predicted molar refractivity (Wildman–Crippen MR) is 75.7 cm³/mol. The molecule has 2 amide bonds. The summed E-state index contributed by atoms with van der Waals surface area (Å²) in [6, 6.07) is 4.35. The number of rotatable bonds is 4. The largest absolute Gasteiger partial charge is 0.383 e. The third kappa shape index (κ3) is 3.16. The van der Waals surface area contributed by atoms with E-state index in [2.05, 4.69) is 10.6 Å². The first-order chi connectivity index (χ1) is 9.92. The summed E-state index contributed by atoms with van der Waals surface area (Å²) in [5.74, 6) is -0.716. The number of anilines is 1. The lowest BCUT2D eigenvalue weighted by Crippen LogP contribution is -2.56. The normalized spacial score (nSPS) is 19.2. The molecule has 1 unspecified atom stereocenters. The summed E-state index contributed by atoms with van der Waals surface area (Å²) in [5, 5.41) is 16.0. The van der Waals surface area contributed by atoms with E-state index in [-0.39, 0.29) is 24.0 Å². The Bertz CT molecular complexity index is 602. The van der Waals surface area contributed by atoms with Gasteiger partial charge < -0.3 is 5.32 Å². The molecular weight excluding hydrogens is 276 g/mol. The Morgan fingerprint density at radius 1 is 1.48 bits per heavy atom. The first-order valence-corrected chi connectivity index (χ1v) is 6.45. The van der Waals surface area contributed by atoms with Gasteiger partial charge in [-0.15, -0.1) is 0 Å². The van der Waals surface area contributed by atoms with Gasteiger partial charge in [-0.1, -0.05) is 6.07 Å². The van der Waals surface area contributed by atoms with Gasteiger partial charge in [-0.25, -0.2) is 0 Å². The highest BCUT2D eigenvalue weighted by atomic mass is 16.6. The molecule has 21 heavy (non-hydrogen) atoms. The van der Waals surface area contributed by atoms with Crippen molar-refractivity contribution in [2.45, 2.75) is 19.5 Å². The predicted octanol–water partition coefficient (Wildman–Crippen LogP) is 0.483. The quantitative estimate of drug-likeness (QED) is 0.475. The van der Waals surface area contributed by atoms with Crippen LogP contribution < -0.4 is 10.6 Å². The van der Waals surface area contributed by atoms with Crippen LogP contribution in [0.15, 0.2) is 18.2 Å². The molecule has 0 saturated carbocycles. The van der Waals surface area contributed by atoms with E-state index in [0.29, 0.717) is 17.8 Å². The first kappa shape index (κ1) is 14.9. The number of nitrogens with zero attached hydrogens (tertiary/aromatic N) is 2. The third-order valence-electron chi connectivity index (χ3n) is 3.45. The zero-order valence-corrected chi connectivity index (χ0v) is 11.8. The molecule has 1 aliphatic rings. The van der Waals surface area contributed by atoms with Crippen LogP contribution in [0.5, 0.6) is 0 Å². The molecule has 0 spiro atoms. The van der Waals surface area contributed by atoms with Crippen LogP contribution in [0.25, 0.3) is 0 Å². The van der Waals surface area contributed by atoms with Crippen molar-refractivity contribution in [2.75, 3.05) is 18.9 Å². The minimum absolute atomic E-state index is 0.0320. The summed E-state index contributed by atoms with van der Waals surface area (Å²) in [6.07, 6.45) is 0. The second kappa shape index (κ2) is 5.88. The van der Waals surface area contributed by atoms with E-state index >= 15 is 0 Å². The zero-order valence-electron chi connectivity index (χ0n) is 11.8. The second-order valence-corrected chi connectivity index (χ2v) is 4.85. The minimum atomic E-state index is -0.465. The standard InChI is InChI=1S/C13H16N4O4/c1-8-13(19)15-12(18)7-16(8)6-9-3-4-10(14-2)11(5-9)17(20)21/h3-5,8,14H,6-7H2,1-2H3,(H,15,18,19). The topological polar surface area (TPSA) is 105 Å². The molecule has 1 saturated heterocycles. The number of nitro groups is 1. The van der Waals surface area contributed by atoms with E-state index in [0.717, 1.165) is 0 Å². The van der Waals surface area contributed by atoms with E-state index in [1.54, 1.807) is 31.0 Å². The van der Waals surface area contributed by atoms with Crippen molar-refractivity contribution < 1.29 is 14.5 Å². The van der Waals surface area contributed by atoms with Gasteiger partial charge >= 0.3 is 0 Å². The molecular formula is C13H16N4O4. The number of nitrogens with one attached hydrogen (secondary N) is 2. The first-order valence-electron chi connectivity index (χ1n) is 6.45. The highest BCUT2D eigenvalue weighted by Crippen LogP contribution is 2.26. The molecule has 112 valence electrons. The molecule has 1 heterocycles. The molecule has 2 rings (SSSR count). The fourth-order valence-electron chi connectivity index (χ4n) is 2.23. The lowest BCUT2D eigenvalue weighted by molar-refractivity contribution is -0.384. The van der Waals surface area contributed by atoms with E-state index in [1.807, 2.05) is 0 Å². The van der Waals surface area contributed by atoms with Crippen molar-refractivity contribution in [3.05, 3.63) is 33.9 Å². The van der Waals surface area contributed by atoms with Gasteiger partial charge in [-0.05, 0) is 18.6 Å². The average Bonchev–Trinajstić information content (AvgIpc) is 2.44. The van der Waals surface area contributed by atoms with Crippen molar-refractivity contribution in [1.82, 2.24) is 10.2 Å². The number of piperazine rings is 1. The maximum atomic E-state index is 11.6. The van der Waals surface area contributed by atoms with Crippen LogP contribution in [-0.4, -0.2) is 41.3 Å². The maximum Gasteiger partial charge on any atom is 0.292 e. The number of nitro benzene ring substituents is 1. The Hall–Kier alpha value is -2.48. The van der Waals surface area contributed by atoms with Gasteiger partial charge in [0.2, 0.25) is 11.8 Å². The zero-order chi connectivity index (χ0) is 15.6. The van der Waals surface area contributed by atoms with Crippen LogP contribution in [0.1, 0.15) is 12.5 Å². The molecule has 2 N–H and O–H groups in total. The van der Waals surface area contributed by atoms with E-state index in [4.69, 9.17) is 0 Å². The molecule has 1 aromatic rings. The third-order valence-corrected chi connectivity index (χ3v) is 3.45. The van der Waals surface area contributed by atoms with Crippen LogP contribution in [0.4, 0.5) is 11.4 Å². The summed E-state index contributed by atoms with van der Waals surface area (Å²) < 4.78 is 0. The van der Waals surface area contributed by atoms with Crippen LogP contribution >= 0.6 is 0 Å². The lowest BCUT2D eigenvalue weighted by atomic mass is 10.1. The molecule has 0 aromatic heterocycles. The molecule has 0 aliphatic carbocycles. The van der Waals surface area contributed by atoms with Gasteiger partial charge in [0, 0.05) is 19.7 Å². The molecule has 1 atom stereocenters. The molecule has 1 aliphatic heterocycles. The van der Waals surface area contributed by atoms with Gasteiger partial charge in [0.1, 0.15) is 5.69 Å². The Balaban J connectivity index is 2.23. The van der Waals surface area contributed by atoms with Crippen LogP contribution in [0.2, 0.25) is 0 Å². The summed E-state index contributed by atoms with van der Waals surface area (Å²) in [4.78, 5) is 35.2.